The van der Waals surface area contributed by atoms with E-state index < -0.39 is 41.0 Å². The lowest BCUT2D eigenvalue weighted by Crippen LogP contribution is -2.58. The van der Waals surface area contributed by atoms with Crippen molar-refractivity contribution in [3.8, 4) is 0 Å². The van der Waals surface area contributed by atoms with Crippen LogP contribution in [-0.2, 0) is 52.6 Å². The fraction of sp³-hybridized carbons (Fsp3) is 0.533. The predicted octanol–water partition coefficient (Wildman–Crippen LogP) is -0.494. The van der Waals surface area contributed by atoms with E-state index in [2.05, 4.69) is 5.32 Å². The van der Waals surface area contributed by atoms with Gasteiger partial charge in [-0.25, -0.2) is 0 Å². The normalized spacial score (nSPS) is 16.2. The zero-order valence-electron chi connectivity index (χ0n) is 25.6. The van der Waals surface area contributed by atoms with Gasteiger partial charge in [0.2, 0.25) is 5.91 Å². The monoisotopic (exact) mass is 662 g/mol. The maximum absolute atomic E-state index is 13.0. The number of nitrogens with zero attached hydrogens (tertiary/aromatic N) is 3. The summed E-state index contributed by atoms with van der Waals surface area (Å²) in [5.41, 5.74) is -1.22. The van der Waals surface area contributed by atoms with Crippen LogP contribution >= 0.6 is 11.8 Å². The van der Waals surface area contributed by atoms with Crippen LogP contribution in [0.15, 0.2) is 36.5 Å². The van der Waals surface area contributed by atoms with Crippen LogP contribution in [0.25, 0.3) is 0 Å². The second kappa shape index (κ2) is 18.2. The van der Waals surface area contributed by atoms with Gasteiger partial charge < -0.3 is 19.5 Å². The van der Waals surface area contributed by atoms with E-state index in [1.165, 1.54) is 43.4 Å². The lowest BCUT2D eigenvalue weighted by atomic mass is 10.0. The number of thioether (sulfide) groups is 1. The minimum Gasteiger partial charge on any atom is -0.379 e. The Labute approximate surface area is 270 Å². The van der Waals surface area contributed by atoms with E-state index in [0.29, 0.717) is 19.3 Å². The second-order valence-corrected chi connectivity index (χ2v) is 11.9. The van der Waals surface area contributed by atoms with Crippen LogP contribution in [0.1, 0.15) is 32.6 Å². The van der Waals surface area contributed by atoms with Gasteiger partial charge in [-0.05, 0) is 19.3 Å². The average molecular weight is 663 g/mol. The van der Waals surface area contributed by atoms with E-state index >= 15 is 0 Å². The first kappa shape index (κ1) is 36.5. The largest absolute Gasteiger partial charge is 0.379 e. The molecule has 3 rings (SSSR count). The number of amides is 7. The molecule has 3 aliphatic rings. The third-order valence-corrected chi connectivity index (χ3v) is 7.70. The molecule has 0 saturated carbocycles. The average Bonchev–Trinajstić information content (AvgIpc) is 3.62. The Balaban J connectivity index is 1.60. The fourth-order valence-corrected chi connectivity index (χ4v) is 5.19. The molecule has 0 radical (unpaired) electrons. The van der Waals surface area contributed by atoms with Crippen molar-refractivity contribution in [3.63, 3.8) is 0 Å². The second-order valence-electron chi connectivity index (χ2n) is 10.6. The highest BCUT2D eigenvalue weighted by atomic mass is 32.2. The van der Waals surface area contributed by atoms with Crippen molar-refractivity contribution < 1.29 is 52.6 Å². The van der Waals surface area contributed by atoms with Crippen molar-refractivity contribution in [2.24, 2.45) is 0 Å². The molecule has 0 aromatic carbocycles. The molecule has 0 atom stereocenters. The highest BCUT2D eigenvalue weighted by Gasteiger charge is 2.34. The molecular weight excluding hydrogens is 624 g/mol. The molecular formula is C30H38N4O11S. The van der Waals surface area contributed by atoms with Crippen LogP contribution in [0.4, 0.5) is 0 Å². The maximum atomic E-state index is 13.0. The molecule has 250 valence electrons. The van der Waals surface area contributed by atoms with Gasteiger partial charge in [0.15, 0.2) is 5.12 Å². The zero-order chi connectivity index (χ0) is 33.5. The topological polar surface area (TPSA) is 186 Å². The first-order chi connectivity index (χ1) is 22.0. The van der Waals surface area contributed by atoms with Crippen LogP contribution in [0.2, 0.25) is 0 Å². The number of ether oxygens (including phenoxy) is 3. The third-order valence-electron chi connectivity index (χ3n) is 6.89. The molecule has 0 bridgehead atoms. The summed E-state index contributed by atoms with van der Waals surface area (Å²) in [6.45, 7) is 1.98. The maximum Gasteiger partial charge on any atom is 0.253 e. The van der Waals surface area contributed by atoms with Crippen molar-refractivity contribution in [3.05, 3.63) is 36.5 Å². The molecule has 7 amide bonds. The number of imide groups is 3. The van der Waals surface area contributed by atoms with E-state index in [4.69, 9.17) is 14.2 Å². The standard InChI is InChI=1S/C30H38N4O11S/c1-22(35)46-18-11-23(36)31-30(19-43-15-2-12-32-24(37)5-6-25(32)38,20-44-16-3-13-33-26(39)7-8-27(33)40)21-45-17-4-14-34-28(41)9-10-29(34)42/h5-10H,2-4,11-21H2,1H3,(H,31,36). The van der Waals surface area contributed by atoms with Gasteiger partial charge in [-0.2, -0.15) is 0 Å². The van der Waals surface area contributed by atoms with E-state index in [0.717, 1.165) is 26.5 Å². The molecule has 0 aromatic heterocycles. The van der Waals surface area contributed by atoms with E-state index in [9.17, 15) is 38.4 Å². The Morgan fingerprint density at radius 2 is 0.957 bits per heavy atom. The Kier molecular flexibility index (Phi) is 14.5. The minimum atomic E-state index is -1.22. The number of nitrogens with one attached hydrogen (secondary N) is 1. The van der Waals surface area contributed by atoms with Crippen molar-refractivity contribution in [1.82, 2.24) is 20.0 Å². The summed E-state index contributed by atoms with van der Waals surface area (Å²) in [5.74, 6) is -2.56. The number of hydrogen-bond acceptors (Lipinski definition) is 12. The van der Waals surface area contributed by atoms with Crippen LogP contribution in [0.3, 0.4) is 0 Å². The van der Waals surface area contributed by atoms with Gasteiger partial charge in [0.25, 0.3) is 35.4 Å². The Hall–Kier alpha value is -3.99. The molecule has 0 unspecified atom stereocenters. The quantitative estimate of drug-likeness (QED) is 0.116. The molecule has 46 heavy (non-hydrogen) atoms. The molecule has 0 saturated heterocycles. The summed E-state index contributed by atoms with van der Waals surface area (Å²) in [4.78, 5) is 98.6. The SMILES string of the molecule is CC(=O)SCCC(=O)NC(COCCCN1C(=O)C=CC1=O)(COCCCN1C(=O)C=CC1=O)COCCCN1C(=O)C=CC1=O. The van der Waals surface area contributed by atoms with Gasteiger partial charge in [0, 0.05) is 95.0 Å². The number of carbonyl (C=O) groups excluding carboxylic acids is 8. The molecule has 1 N–H and O–H groups in total. The van der Waals surface area contributed by atoms with E-state index in [-0.39, 0.29) is 82.5 Å². The van der Waals surface area contributed by atoms with E-state index in [1.807, 2.05) is 0 Å². The van der Waals surface area contributed by atoms with Gasteiger partial charge >= 0.3 is 0 Å². The van der Waals surface area contributed by atoms with Crippen molar-refractivity contribution >= 4 is 58.2 Å². The van der Waals surface area contributed by atoms with Crippen molar-refractivity contribution in [2.45, 2.75) is 38.1 Å². The van der Waals surface area contributed by atoms with Crippen LogP contribution in [0.5, 0.6) is 0 Å². The summed E-state index contributed by atoms with van der Waals surface area (Å²) < 4.78 is 17.7. The van der Waals surface area contributed by atoms with Crippen LogP contribution in [0, 0.1) is 0 Å². The summed E-state index contributed by atoms with van der Waals surface area (Å²) >= 11 is 1.01. The summed E-state index contributed by atoms with van der Waals surface area (Å²) in [6, 6.07) is 0. The number of rotatable bonds is 22. The van der Waals surface area contributed by atoms with Gasteiger partial charge in [-0.1, -0.05) is 11.8 Å². The Morgan fingerprint density at radius 3 is 1.26 bits per heavy atom. The summed E-state index contributed by atoms with van der Waals surface area (Å²) in [5, 5.41) is 2.79. The lowest BCUT2D eigenvalue weighted by molar-refractivity contribution is -0.138. The zero-order valence-corrected chi connectivity index (χ0v) is 26.4. The third kappa shape index (κ3) is 11.4. The van der Waals surface area contributed by atoms with Crippen molar-refractivity contribution in [1.29, 1.82) is 0 Å². The van der Waals surface area contributed by atoms with Gasteiger partial charge in [0.1, 0.15) is 5.54 Å². The molecule has 16 heteroatoms. The first-order valence-corrected chi connectivity index (χ1v) is 15.8. The predicted molar refractivity (Wildman–Crippen MR) is 163 cm³/mol. The van der Waals surface area contributed by atoms with E-state index in [1.54, 1.807) is 0 Å². The number of carbonyl (C=O) groups is 8. The van der Waals surface area contributed by atoms with Gasteiger partial charge in [-0.3, -0.25) is 53.1 Å². The van der Waals surface area contributed by atoms with Crippen molar-refractivity contribution in [2.75, 3.05) is 65.0 Å². The molecule has 3 heterocycles. The van der Waals surface area contributed by atoms with Gasteiger partial charge in [-0.15, -0.1) is 0 Å². The fourth-order valence-electron chi connectivity index (χ4n) is 4.61. The molecule has 0 fully saturated rings. The highest BCUT2D eigenvalue weighted by Crippen LogP contribution is 2.14. The molecule has 0 aromatic rings. The first-order valence-electron chi connectivity index (χ1n) is 14.8. The highest BCUT2D eigenvalue weighted by molar-refractivity contribution is 8.13. The molecule has 0 spiro atoms. The minimum absolute atomic E-state index is 0.0244. The van der Waals surface area contributed by atoms with Crippen LogP contribution in [-0.4, -0.2) is 132 Å². The molecule has 3 aliphatic heterocycles. The lowest BCUT2D eigenvalue weighted by Gasteiger charge is -2.34. The smallest absolute Gasteiger partial charge is 0.253 e. The Morgan fingerprint density at radius 1 is 0.630 bits per heavy atom. The van der Waals surface area contributed by atoms with Gasteiger partial charge in [0.05, 0.1) is 19.8 Å². The number of hydrogen-bond donors (Lipinski definition) is 1. The van der Waals surface area contributed by atoms with Crippen LogP contribution < -0.4 is 5.32 Å². The molecule has 0 aliphatic carbocycles. The molecule has 15 nitrogen and oxygen atoms in total. The Bertz CT molecular complexity index is 1110. The summed E-state index contributed by atoms with van der Waals surface area (Å²) in [7, 11) is 0. The summed E-state index contributed by atoms with van der Waals surface area (Å²) in [6.07, 6.45) is 8.19.